The molecular formula is C20H30FIN4O. The largest absolute Gasteiger partial charge is 0.361 e. The zero-order valence-corrected chi connectivity index (χ0v) is 19.1. The number of benzene rings is 1. The molecule has 27 heavy (non-hydrogen) atoms. The molecule has 0 amide bonds. The summed E-state index contributed by atoms with van der Waals surface area (Å²) in [6, 6.07) is 6.64. The van der Waals surface area contributed by atoms with Gasteiger partial charge in [0.15, 0.2) is 5.96 Å². The fraction of sp³-hybridized carbons (Fsp3) is 0.500. The van der Waals surface area contributed by atoms with Crippen LogP contribution in [-0.4, -0.2) is 24.7 Å². The van der Waals surface area contributed by atoms with E-state index in [0.717, 1.165) is 35.4 Å². The molecule has 0 aliphatic carbocycles. The molecule has 0 aliphatic rings. The van der Waals surface area contributed by atoms with Crippen LogP contribution in [0.25, 0.3) is 0 Å². The molecule has 0 radical (unpaired) electrons. The van der Waals surface area contributed by atoms with E-state index in [4.69, 9.17) is 4.52 Å². The van der Waals surface area contributed by atoms with Crippen molar-refractivity contribution in [2.75, 3.05) is 13.6 Å². The highest BCUT2D eigenvalue weighted by molar-refractivity contribution is 14.0. The average molecular weight is 488 g/mol. The Hall–Kier alpha value is -1.64. The van der Waals surface area contributed by atoms with Crippen LogP contribution in [0.3, 0.4) is 0 Å². The molecule has 0 fully saturated rings. The van der Waals surface area contributed by atoms with Gasteiger partial charge >= 0.3 is 0 Å². The molecule has 0 spiro atoms. The van der Waals surface area contributed by atoms with Crippen LogP contribution < -0.4 is 10.6 Å². The Morgan fingerprint density at radius 2 is 1.81 bits per heavy atom. The molecule has 0 unspecified atom stereocenters. The molecule has 1 aromatic heterocycles. The van der Waals surface area contributed by atoms with Gasteiger partial charge in [0.25, 0.3) is 0 Å². The Kier molecular flexibility index (Phi) is 9.21. The van der Waals surface area contributed by atoms with E-state index in [1.54, 1.807) is 7.05 Å². The Bertz CT molecular complexity index is 719. The van der Waals surface area contributed by atoms with E-state index in [0.29, 0.717) is 19.0 Å². The number of halogens is 2. The van der Waals surface area contributed by atoms with Crippen LogP contribution in [0.2, 0.25) is 0 Å². The van der Waals surface area contributed by atoms with Crippen LogP contribution in [0.4, 0.5) is 4.39 Å². The zero-order valence-electron chi connectivity index (χ0n) is 16.7. The topological polar surface area (TPSA) is 62.5 Å². The minimum atomic E-state index is -0.220. The quantitative estimate of drug-likeness (QED) is 0.349. The molecule has 0 aliphatic heterocycles. The van der Waals surface area contributed by atoms with Crippen molar-refractivity contribution in [2.45, 2.75) is 52.5 Å². The zero-order chi connectivity index (χ0) is 19.2. The summed E-state index contributed by atoms with van der Waals surface area (Å²) in [5.74, 6) is 1.41. The smallest absolute Gasteiger partial charge is 0.191 e. The van der Waals surface area contributed by atoms with Crippen LogP contribution in [0.15, 0.2) is 33.8 Å². The van der Waals surface area contributed by atoms with Crippen molar-refractivity contribution in [3.8, 4) is 0 Å². The molecule has 2 rings (SSSR count). The first kappa shape index (κ1) is 23.4. The fourth-order valence-electron chi connectivity index (χ4n) is 2.84. The third-order valence-corrected chi connectivity index (χ3v) is 4.59. The molecule has 1 aromatic carbocycles. The Morgan fingerprint density at radius 1 is 1.15 bits per heavy atom. The van der Waals surface area contributed by atoms with Gasteiger partial charge in [0.05, 0.1) is 5.69 Å². The molecule has 150 valence electrons. The second-order valence-electron chi connectivity index (χ2n) is 6.91. The first-order valence-corrected chi connectivity index (χ1v) is 9.08. The van der Waals surface area contributed by atoms with E-state index in [-0.39, 0.29) is 35.2 Å². The number of hydrogen-bond donors (Lipinski definition) is 2. The molecule has 7 heteroatoms. The van der Waals surface area contributed by atoms with Crippen molar-refractivity contribution in [2.24, 2.45) is 4.99 Å². The van der Waals surface area contributed by atoms with Crippen molar-refractivity contribution in [1.82, 2.24) is 15.8 Å². The molecule has 2 aromatic rings. The summed E-state index contributed by atoms with van der Waals surface area (Å²) in [7, 11) is 1.75. The first-order chi connectivity index (χ1) is 12.4. The van der Waals surface area contributed by atoms with Crippen LogP contribution in [0.5, 0.6) is 0 Å². The number of guanidine groups is 1. The summed E-state index contributed by atoms with van der Waals surface area (Å²) in [6.07, 6.45) is 1.65. The van der Waals surface area contributed by atoms with E-state index < -0.39 is 0 Å². The molecule has 1 heterocycles. The maximum atomic E-state index is 13.1. The highest BCUT2D eigenvalue weighted by Gasteiger charge is 2.21. The molecule has 0 atom stereocenters. The standard InChI is InChI=1S/C20H29FN4O.HI/c1-6-17-16(18(7-2)26-25-17)12-23-19(22-5)24-13-20(3,4)14-8-10-15(21)11-9-14;/h8-11H,6-7,12-13H2,1-5H3,(H2,22,23,24);1H. The normalized spacial score (nSPS) is 11.9. The Balaban J connectivity index is 0.00000364. The van der Waals surface area contributed by atoms with Gasteiger partial charge in [0.1, 0.15) is 11.6 Å². The van der Waals surface area contributed by atoms with Gasteiger partial charge in [-0.05, 0) is 24.1 Å². The van der Waals surface area contributed by atoms with E-state index >= 15 is 0 Å². The number of rotatable bonds is 7. The van der Waals surface area contributed by atoms with Gasteiger partial charge in [-0.25, -0.2) is 4.39 Å². The van der Waals surface area contributed by atoms with E-state index in [2.05, 4.69) is 48.5 Å². The number of aliphatic imine (C=N–C) groups is 1. The van der Waals surface area contributed by atoms with E-state index in [1.807, 2.05) is 12.1 Å². The predicted octanol–water partition coefficient (Wildman–Crippen LogP) is 4.20. The van der Waals surface area contributed by atoms with Crippen LogP contribution in [0, 0.1) is 5.82 Å². The highest BCUT2D eigenvalue weighted by Crippen LogP contribution is 2.22. The molecule has 0 bridgehead atoms. The second-order valence-corrected chi connectivity index (χ2v) is 6.91. The highest BCUT2D eigenvalue weighted by atomic mass is 127. The average Bonchev–Trinajstić information content (AvgIpc) is 3.04. The van der Waals surface area contributed by atoms with Crippen LogP contribution in [0.1, 0.15) is 50.3 Å². The SMILES string of the molecule is CCc1noc(CC)c1CNC(=NC)NCC(C)(C)c1ccc(F)cc1.I. The summed E-state index contributed by atoms with van der Waals surface area (Å²) < 4.78 is 18.5. The van der Waals surface area contributed by atoms with Crippen molar-refractivity contribution >= 4 is 29.9 Å². The number of nitrogens with zero attached hydrogens (tertiary/aromatic N) is 2. The predicted molar refractivity (Wildman–Crippen MR) is 118 cm³/mol. The number of aryl methyl sites for hydroxylation is 2. The summed E-state index contributed by atoms with van der Waals surface area (Å²) in [5.41, 5.74) is 3.00. The molecule has 0 saturated heterocycles. The van der Waals surface area contributed by atoms with Crippen molar-refractivity contribution in [1.29, 1.82) is 0 Å². The maximum Gasteiger partial charge on any atom is 0.191 e. The van der Waals surface area contributed by atoms with Crippen molar-refractivity contribution in [3.63, 3.8) is 0 Å². The molecule has 2 N–H and O–H groups in total. The van der Waals surface area contributed by atoms with Gasteiger partial charge in [0, 0.05) is 37.5 Å². The minimum absolute atomic E-state index is 0. The third-order valence-electron chi connectivity index (χ3n) is 4.59. The third kappa shape index (κ3) is 6.19. The molecule has 5 nitrogen and oxygen atoms in total. The molecular weight excluding hydrogens is 458 g/mol. The van der Waals surface area contributed by atoms with E-state index in [9.17, 15) is 4.39 Å². The number of aromatic nitrogens is 1. The van der Waals surface area contributed by atoms with Crippen LogP contribution >= 0.6 is 24.0 Å². The monoisotopic (exact) mass is 488 g/mol. The van der Waals surface area contributed by atoms with Crippen molar-refractivity contribution in [3.05, 3.63) is 52.7 Å². The number of nitrogens with one attached hydrogen (secondary N) is 2. The van der Waals surface area contributed by atoms with Gasteiger partial charge in [-0.2, -0.15) is 0 Å². The fourth-order valence-corrected chi connectivity index (χ4v) is 2.84. The first-order valence-electron chi connectivity index (χ1n) is 9.08. The number of hydrogen-bond acceptors (Lipinski definition) is 3. The lowest BCUT2D eigenvalue weighted by Crippen LogP contribution is -2.43. The minimum Gasteiger partial charge on any atom is -0.361 e. The van der Waals surface area contributed by atoms with Crippen molar-refractivity contribution < 1.29 is 8.91 Å². The van der Waals surface area contributed by atoms with E-state index in [1.165, 1.54) is 12.1 Å². The van der Waals surface area contributed by atoms with Gasteiger partial charge in [-0.1, -0.05) is 45.0 Å². The summed E-state index contributed by atoms with van der Waals surface area (Å²) in [5, 5.41) is 10.8. The Morgan fingerprint density at radius 3 is 2.37 bits per heavy atom. The maximum absolute atomic E-state index is 13.1. The van der Waals surface area contributed by atoms with Gasteiger partial charge in [-0.15, -0.1) is 24.0 Å². The van der Waals surface area contributed by atoms with Crippen LogP contribution in [-0.2, 0) is 24.8 Å². The van der Waals surface area contributed by atoms with Gasteiger partial charge in [0.2, 0.25) is 0 Å². The lowest BCUT2D eigenvalue weighted by Gasteiger charge is -2.26. The molecule has 0 saturated carbocycles. The summed E-state index contributed by atoms with van der Waals surface area (Å²) in [6.45, 7) is 9.65. The lowest BCUT2D eigenvalue weighted by atomic mass is 9.84. The summed E-state index contributed by atoms with van der Waals surface area (Å²) in [4.78, 5) is 4.29. The second kappa shape index (κ2) is 10.6. The van der Waals surface area contributed by atoms with Gasteiger partial charge < -0.3 is 15.2 Å². The van der Waals surface area contributed by atoms with Gasteiger partial charge in [-0.3, -0.25) is 4.99 Å². The summed E-state index contributed by atoms with van der Waals surface area (Å²) >= 11 is 0. The lowest BCUT2D eigenvalue weighted by molar-refractivity contribution is 0.380. The Labute approximate surface area is 178 Å².